The number of halogens is 1. The van der Waals surface area contributed by atoms with Gasteiger partial charge in [-0.25, -0.2) is 0 Å². The van der Waals surface area contributed by atoms with Gasteiger partial charge in [-0.05, 0) is 36.0 Å². The van der Waals surface area contributed by atoms with E-state index in [1.807, 2.05) is 24.0 Å². The summed E-state index contributed by atoms with van der Waals surface area (Å²) >= 11 is 3.53. The van der Waals surface area contributed by atoms with E-state index in [-0.39, 0.29) is 6.04 Å². The summed E-state index contributed by atoms with van der Waals surface area (Å²) in [6.07, 6.45) is 5.25. The molecule has 2 heterocycles. The molecule has 0 aliphatic carbocycles. The van der Waals surface area contributed by atoms with Crippen LogP contribution in [0.5, 0.6) is 0 Å². The molecule has 0 fully saturated rings. The Morgan fingerprint density at radius 3 is 3.00 bits per heavy atom. The first kappa shape index (κ1) is 11.4. The average molecular weight is 284 g/mol. The largest absolute Gasteiger partial charge is 0.472 e. The van der Waals surface area contributed by atoms with Gasteiger partial charge in [0.15, 0.2) is 0 Å². The van der Waals surface area contributed by atoms with Crippen molar-refractivity contribution in [2.75, 3.05) is 7.05 Å². The van der Waals surface area contributed by atoms with Gasteiger partial charge in [-0.15, -0.1) is 0 Å². The van der Waals surface area contributed by atoms with Crippen molar-refractivity contribution in [3.8, 4) is 0 Å². The fourth-order valence-corrected chi connectivity index (χ4v) is 2.34. The van der Waals surface area contributed by atoms with Gasteiger partial charge in [0, 0.05) is 12.1 Å². The van der Waals surface area contributed by atoms with Gasteiger partial charge in [0.25, 0.3) is 0 Å². The van der Waals surface area contributed by atoms with Crippen LogP contribution in [-0.2, 0) is 6.54 Å². The van der Waals surface area contributed by atoms with Gasteiger partial charge in [0.1, 0.15) is 0 Å². The lowest BCUT2D eigenvalue weighted by Crippen LogP contribution is -2.21. The monoisotopic (exact) mass is 283 g/mol. The highest BCUT2D eigenvalue weighted by Gasteiger charge is 2.20. The minimum absolute atomic E-state index is 0.0931. The lowest BCUT2D eigenvalue weighted by Gasteiger charge is -2.16. The van der Waals surface area contributed by atoms with Crippen LogP contribution in [0.4, 0.5) is 0 Å². The van der Waals surface area contributed by atoms with Gasteiger partial charge >= 0.3 is 0 Å². The third-order valence-corrected chi connectivity index (χ3v) is 3.18. The number of nitrogens with zero attached hydrogens (tertiary/aromatic N) is 2. The molecule has 86 valence electrons. The van der Waals surface area contributed by atoms with E-state index < -0.39 is 0 Å². The summed E-state index contributed by atoms with van der Waals surface area (Å²) < 4.78 is 8.10. The van der Waals surface area contributed by atoms with Crippen molar-refractivity contribution in [1.82, 2.24) is 15.1 Å². The van der Waals surface area contributed by atoms with E-state index in [0.29, 0.717) is 0 Å². The number of aromatic nitrogens is 2. The summed E-state index contributed by atoms with van der Waals surface area (Å²) in [7, 11) is 1.93. The summed E-state index contributed by atoms with van der Waals surface area (Å²) in [6.45, 7) is 2.92. The molecule has 0 saturated heterocycles. The molecule has 0 aliphatic rings. The van der Waals surface area contributed by atoms with Crippen LogP contribution >= 0.6 is 15.9 Å². The van der Waals surface area contributed by atoms with Crippen molar-refractivity contribution < 1.29 is 4.42 Å². The predicted molar refractivity (Wildman–Crippen MR) is 65.2 cm³/mol. The summed E-state index contributed by atoms with van der Waals surface area (Å²) in [6, 6.07) is 2.05. The Morgan fingerprint density at radius 2 is 2.44 bits per heavy atom. The maximum atomic E-state index is 5.12. The molecule has 1 atom stereocenters. The van der Waals surface area contributed by atoms with Gasteiger partial charge < -0.3 is 9.73 Å². The van der Waals surface area contributed by atoms with Crippen molar-refractivity contribution >= 4 is 15.9 Å². The lowest BCUT2D eigenvalue weighted by molar-refractivity contribution is 0.539. The second-order valence-corrected chi connectivity index (χ2v) is 4.33. The molecule has 0 amide bonds. The highest BCUT2D eigenvalue weighted by atomic mass is 79.9. The molecule has 5 heteroatoms. The van der Waals surface area contributed by atoms with Gasteiger partial charge in [0.2, 0.25) is 0 Å². The molecule has 0 aromatic carbocycles. The van der Waals surface area contributed by atoms with Crippen molar-refractivity contribution in [1.29, 1.82) is 0 Å². The van der Waals surface area contributed by atoms with Crippen LogP contribution < -0.4 is 5.32 Å². The van der Waals surface area contributed by atoms with Gasteiger partial charge in [-0.1, -0.05) is 0 Å². The number of hydrogen-bond donors (Lipinski definition) is 1. The molecule has 0 aliphatic heterocycles. The molecule has 16 heavy (non-hydrogen) atoms. The second-order valence-electron chi connectivity index (χ2n) is 3.47. The van der Waals surface area contributed by atoms with Crippen molar-refractivity contribution in [3.63, 3.8) is 0 Å². The Labute approximate surface area is 103 Å². The quantitative estimate of drug-likeness (QED) is 0.938. The van der Waals surface area contributed by atoms with E-state index in [1.54, 1.807) is 12.5 Å². The first-order chi connectivity index (χ1) is 7.77. The topological polar surface area (TPSA) is 43.0 Å². The summed E-state index contributed by atoms with van der Waals surface area (Å²) in [5.74, 6) is 0. The zero-order valence-electron chi connectivity index (χ0n) is 9.27. The number of aryl methyl sites for hydroxylation is 1. The number of furan rings is 1. The first-order valence-electron chi connectivity index (χ1n) is 5.18. The van der Waals surface area contributed by atoms with E-state index in [9.17, 15) is 0 Å². The molecular weight excluding hydrogens is 270 g/mol. The molecule has 4 nitrogen and oxygen atoms in total. The zero-order valence-corrected chi connectivity index (χ0v) is 10.9. The SMILES string of the molecule is CCn1ncc(Br)c1C(NC)c1ccoc1. The van der Waals surface area contributed by atoms with E-state index in [1.165, 1.54) is 0 Å². The minimum Gasteiger partial charge on any atom is -0.472 e. The Balaban J connectivity index is 2.44. The van der Waals surface area contributed by atoms with E-state index in [4.69, 9.17) is 4.42 Å². The first-order valence-corrected chi connectivity index (χ1v) is 5.97. The number of rotatable bonds is 4. The molecule has 1 unspecified atom stereocenters. The van der Waals surface area contributed by atoms with Crippen LogP contribution in [0, 0.1) is 0 Å². The smallest absolute Gasteiger partial charge is 0.0954 e. The van der Waals surface area contributed by atoms with E-state index >= 15 is 0 Å². The summed E-state index contributed by atoms with van der Waals surface area (Å²) in [5, 5.41) is 7.58. The van der Waals surface area contributed by atoms with Gasteiger partial charge in [-0.3, -0.25) is 4.68 Å². The molecule has 2 aromatic heterocycles. The summed E-state index contributed by atoms with van der Waals surface area (Å²) in [4.78, 5) is 0. The molecule has 2 rings (SSSR count). The van der Waals surface area contributed by atoms with Crippen LogP contribution in [-0.4, -0.2) is 16.8 Å². The van der Waals surface area contributed by atoms with Crippen LogP contribution in [0.1, 0.15) is 24.2 Å². The van der Waals surface area contributed by atoms with Gasteiger partial charge in [-0.2, -0.15) is 5.10 Å². The number of nitrogens with one attached hydrogen (secondary N) is 1. The molecule has 0 spiro atoms. The lowest BCUT2D eigenvalue weighted by atomic mass is 10.1. The number of hydrogen-bond acceptors (Lipinski definition) is 3. The predicted octanol–water partition coefficient (Wildman–Crippen LogP) is 2.57. The van der Waals surface area contributed by atoms with Crippen LogP contribution in [0.2, 0.25) is 0 Å². The second kappa shape index (κ2) is 4.84. The highest BCUT2D eigenvalue weighted by Crippen LogP contribution is 2.28. The zero-order chi connectivity index (χ0) is 11.5. The minimum atomic E-state index is 0.0931. The maximum absolute atomic E-state index is 5.12. The molecule has 0 bridgehead atoms. The Morgan fingerprint density at radius 1 is 1.62 bits per heavy atom. The Hall–Kier alpha value is -1.07. The van der Waals surface area contributed by atoms with Crippen LogP contribution in [0.3, 0.4) is 0 Å². The van der Waals surface area contributed by atoms with E-state index in [2.05, 4.69) is 33.3 Å². The third kappa shape index (κ3) is 1.92. The van der Waals surface area contributed by atoms with E-state index in [0.717, 1.165) is 22.3 Å². The Kier molecular flexibility index (Phi) is 3.46. The maximum Gasteiger partial charge on any atom is 0.0954 e. The Bertz CT molecular complexity index is 450. The fourth-order valence-electron chi connectivity index (χ4n) is 1.81. The van der Waals surface area contributed by atoms with Crippen LogP contribution in [0.15, 0.2) is 33.7 Å². The normalized spacial score (nSPS) is 12.9. The van der Waals surface area contributed by atoms with Crippen molar-refractivity contribution in [2.24, 2.45) is 0 Å². The molecule has 2 aromatic rings. The molecule has 0 radical (unpaired) electrons. The third-order valence-electron chi connectivity index (χ3n) is 2.57. The molecular formula is C11H14BrN3O. The molecule has 0 saturated carbocycles. The fraction of sp³-hybridized carbons (Fsp3) is 0.364. The molecule has 1 N–H and O–H groups in total. The van der Waals surface area contributed by atoms with Crippen LogP contribution in [0.25, 0.3) is 0 Å². The van der Waals surface area contributed by atoms with Crippen molar-refractivity contribution in [2.45, 2.75) is 19.5 Å². The van der Waals surface area contributed by atoms with Crippen molar-refractivity contribution in [3.05, 3.63) is 40.5 Å². The summed E-state index contributed by atoms with van der Waals surface area (Å²) in [5.41, 5.74) is 2.21. The van der Waals surface area contributed by atoms with Gasteiger partial charge in [0.05, 0.1) is 34.9 Å². The highest BCUT2D eigenvalue weighted by molar-refractivity contribution is 9.10. The standard InChI is InChI=1S/C11H14BrN3O/c1-3-15-11(9(12)6-14-15)10(13-2)8-4-5-16-7-8/h4-7,10,13H,3H2,1-2H3. The average Bonchev–Trinajstić information content (AvgIpc) is 2.91.